The summed E-state index contributed by atoms with van der Waals surface area (Å²) in [7, 11) is 0. The van der Waals surface area contributed by atoms with E-state index in [9.17, 15) is 0 Å². The van der Waals surface area contributed by atoms with Crippen LogP contribution in [0, 0.1) is 5.92 Å². The molecule has 17 heavy (non-hydrogen) atoms. The lowest BCUT2D eigenvalue weighted by Gasteiger charge is -2.23. The summed E-state index contributed by atoms with van der Waals surface area (Å²) in [5.74, 6) is 6.25. The molecule has 3 nitrogen and oxygen atoms in total. The van der Waals surface area contributed by atoms with Crippen molar-refractivity contribution in [2.24, 2.45) is 11.8 Å². The predicted octanol–water partition coefficient (Wildman–Crippen LogP) is 2.66. The Hall–Kier alpha value is -0.900. The van der Waals surface area contributed by atoms with Crippen LogP contribution in [0.3, 0.4) is 0 Å². The standard InChI is InChI=1S/C14H22N2O/c1-3-4-10(2)14(16-15)11-5-6-12-8-17-9-13(12)7-11/h5-7,10,14,16H,3-4,8-9,15H2,1-2H3. The summed E-state index contributed by atoms with van der Waals surface area (Å²) in [5.41, 5.74) is 6.85. The zero-order valence-corrected chi connectivity index (χ0v) is 10.7. The number of nitrogens with one attached hydrogen (secondary N) is 1. The highest BCUT2D eigenvalue weighted by molar-refractivity contribution is 5.34. The zero-order chi connectivity index (χ0) is 12.3. The lowest BCUT2D eigenvalue weighted by atomic mass is 9.90. The molecule has 0 bridgehead atoms. The highest BCUT2D eigenvalue weighted by Gasteiger charge is 2.19. The molecular formula is C14H22N2O. The molecule has 1 aliphatic heterocycles. The number of nitrogens with two attached hydrogens (primary N) is 1. The van der Waals surface area contributed by atoms with Gasteiger partial charge in [0.2, 0.25) is 0 Å². The summed E-state index contributed by atoms with van der Waals surface area (Å²) in [6.45, 7) is 5.95. The first kappa shape index (κ1) is 12.6. The summed E-state index contributed by atoms with van der Waals surface area (Å²) >= 11 is 0. The fourth-order valence-corrected chi connectivity index (χ4v) is 2.60. The van der Waals surface area contributed by atoms with Crippen molar-refractivity contribution in [2.75, 3.05) is 0 Å². The average molecular weight is 234 g/mol. The van der Waals surface area contributed by atoms with Crippen molar-refractivity contribution in [2.45, 2.75) is 45.9 Å². The molecule has 0 saturated heterocycles. The second-order valence-electron chi connectivity index (χ2n) is 4.93. The van der Waals surface area contributed by atoms with E-state index >= 15 is 0 Å². The maximum atomic E-state index is 5.70. The molecule has 0 radical (unpaired) electrons. The van der Waals surface area contributed by atoms with Gasteiger partial charge in [-0.3, -0.25) is 11.3 Å². The summed E-state index contributed by atoms with van der Waals surface area (Å²) in [6, 6.07) is 6.81. The molecule has 0 saturated carbocycles. The van der Waals surface area contributed by atoms with Crippen LogP contribution in [0.5, 0.6) is 0 Å². The highest BCUT2D eigenvalue weighted by Crippen LogP contribution is 2.28. The van der Waals surface area contributed by atoms with Crippen LogP contribution in [0.25, 0.3) is 0 Å². The van der Waals surface area contributed by atoms with Gasteiger partial charge < -0.3 is 4.74 Å². The van der Waals surface area contributed by atoms with Gasteiger partial charge in [-0.05, 0) is 29.0 Å². The van der Waals surface area contributed by atoms with Crippen molar-refractivity contribution in [3.05, 3.63) is 34.9 Å². The first-order valence-corrected chi connectivity index (χ1v) is 6.41. The minimum atomic E-state index is 0.237. The third-order valence-corrected chi connectivity index (χ3v) is 3.60. The third kappa shape index (κ3) is 2.68. The van der Waals surface area contributed by atoms with Gasteiger partial charge in [0.1, 0.15) is 0 Å². The van der Waals surface area contributed by atoms with E-state index in [0.29, 0.717) is 5.92 Å². The Morgan fingerprint density at radius 2 is 2.12 bits per heavy atom. The number of hydrazine groups is 1. The Balaban J connectivity index is 2.19. The molecule has 2 rings (SSSR count). The van der Waals surface area contributed by atoms with Crippen LogP contribution in [0.2, 0.25) is 0 Å². The van der Waals surface area contributed by atoms with Crippen molar-refractivity contribution in [3.63, 3.8) is 0 Å². The first-order valence-electron chi connectivity index (χ1n) is 6.41. The lowest BCUT2D eigenvalue weighted by molar-refractivity contribution is 0.134. The van der Waals surface area contributed by atoms with Crippen LogP contribution in [0.15, 0.2) is 18.2 Å². The second-order valence-corrected chi connectivity index (χ2v) is 4.93. The van der Waals surface area contributed by atoms with Gasteiger partial charge in [0.05, 0.1) is 13.2 Å². The van der Waals surface area contributed by atoms with Gasteiger partial charge >= 0.3 is 0 Å². The number of benzene rings is 1. The van der Waals surface area contributed by atoms with Crippen molar-refractivity contribution < 1.29 is 4.74 Å². The van der Waals surface area contributed by atoms with Crippen LogP contribution in [-0.4, -0.2) is 0 Å². The molecule has 1 aromatic carbocycles. The Morgan fingerprint density at radius 3 is 2.82 bits per heavy atom. The molecule has 2 unspecified atom stereocenters. The fraction of sp³-hybridized carbons (Fsp3) is 0.571. The Bertz CT molecular complexity index is 378. The largest absolute Gasteiger partial charge is 0.372 e. The summed E-state index contributed by atoms with van der Waals surface area (Å²) < 4.78 is 5.44. The topological polar surface area (TPSA) is 47.3 Å². The van der Waals surface area contributed by atoms with E-state index in [1.165, 1.54) is 29.5 Å². The molecular weight excluding hydrogens is 212 g/mol. The zero-order valence-electron chi connectivity index (χ0n) is 10.7. The number of hydrogen-bond acceptors (Lipinski definition) is 3. The molecule has 2 atom stereocenters. The fourth-order valence-electron chi connectivity index (χ4n) is 2.60. The van der Waals surface area contributed by atoms with E-state index < -0.39 is 0 Å². The third-order valence-electron chi connectivity index (χ3n) is 3.60. The smallest absolute Gasteiger partial charge is 0.0725 e. The van der Waals surface area contributed by atoms with Gasteiger partial charge in [0.15, 0.2) is 0 Å². The molecule has 0 aromatic heterocycles. The van der Waals surface area contributed by atoms with E-state index in [1.807, 2.05) is 0 Å². The normalized spacial score (nSPS) is 17.8. The van der Waals surface area contributed by atoms with Gasteiger partial charge in [0.25, 0.3) is 0 Å². The van der Waals surface area contributed by atoms with Crippen LogP contribution in [0.1, 0.15) is 49.4 Å². The minimum absolute atomic E-state index is 0.237. The average Bonchev–Trinajstić information content (AvgIpc) is 2.77. The van der Waals surface area contributed by atoms with Gasteiger partial charge in [-0.2, -0.15) is 0 Å². The van der Waals surface area contributed by atoms with Crippen molar-refractivity contribution >= 4 is 0 Å². The van der Waals surface area contributed by atoms with Crippen LogP contribution >= 0.6 is 0 Å². The predicted molar refractivity (Wildman–Crippen MR) is 69.1 cm³/mol. The monoisotopic (exact) mass is 234 g/mol. The molecule has 94 valence electrons. The summed E-state index contributed by atoms with van der Waals surface area (Å²) in [5, 5.41) is 0. The maximum absolute atomic E-state index is 5.70. The Labute approximate surface area is 103 Å². The Kier molecular flexibility index (Phi) is 4.15. The number of hydrogen-bond donors (Lipinski definition) is 2. The molecule has 0 fully saturated rings. The number of fused-ring (bicyclic) bond motifs is 1. The van der Waals surface area contributed by atoms with E-state index in [2.05, 4.69) is 37.5 Å². The van der Waals surface area contributed by atoms with E-state index in [-0.39, 0.29) is 6.04 Å². The van der Waals surface area contributed by atoms with Gasteiger partial charge in [-0.15, -0.1) is 0 Å². The van der Waals surface area contributed by atoms with Gasteiger partial charge in [-0.25, -0.2) is 0 Å². The summed E-state index contributed by atoms with van der Waals surface area (Å²) in [6.07, 6.45) is 2.37. The number of rotatable bonds is 5. The number of ether oxygens (including phenoxy) is 1. The van der Waals surface area contributed by atoms with E-state index in [4.69, 9.17) is 10.6 Å². The molecule has 0 amide bonds. The molecule has 1 aliphatic rings. The van der Waals surface area contributed by atoms with Crippen molar-refractivity contribution in [3.8, 4) is 0 Å². The first-order chi connectivity index (χ1) is 8.26. The highest BCUT2D eigenvalue weighted by atomic mass is 16.5. The van der Waals surface area contributed by atoms with Gasteiger partial charge in [-0.1, -0.05) is 38.5 Å². The Morgan fingerprint density at radius 1 is 1.35 bits per heavy atom. The van der Waals surface area contributed by atoms with Gasteiger partial charge in [0, 0.05) is 6.04 Å². The second kappa shape index (κ2) is 5.63. The lowest BCUT2D eigenvalue weighted by Crippen LogP contribution is -2.32. The molecule has 0 spiro atoms. The summed E-state index contributed by atoms with van der Waals surface area (Å²) in [4.78, 5) is 0. The van der Waals surface area contributed by atoms with Crippen molar-refractivity contribution in [1.82, 2.24) is 5.43 Å². The van der Waals surface area contributed by atoms with Crippen LogP contribution in [-0.2, 0) is 18.0 Å². The van der Waals surface area contributed by atoms with Crippen LogP contribution < -0.4 is 11.3 Å². The molecule has 1 aromatic rings. The van der Waals surface area contributed by atoms with E-state index in [0.717, 1.165) is 13.2 Å². The molecule has 1 heterocycles. The minimum Gasteiger partial charge on any atom is -0.372 e. The van der Waals surface area contributed by atoms with Crippen LogP contribution in [0.4, 0.5) is 0 Å². The van der Waals surface area contributed by atoms with Crippen molar-refractivity contribution in [1.29, 1.82) is 0 Å². The SMILES string of the molecule is CCCC(C)C(NN)c1ccc2c(c1)COC2. The molecule has 3 heteroatoms. The quantitative estimate of drug-likeness (QED) is 0.608. The van der Waals surface area contributed by atoms with E-state index in [1.54, 1.807) is 0 Å². The molecule has 0 aliphatic carbocycles. The maximum Gasteiger partial charge on any atom is 0.0725 e. The molecule has 3 N–H and O–H groups in total.